The van der Waals surface area contributed by atoms with Crippen LogP contribution in [0.4, 0.5) is 0 Å². The molecule has 0 radical (unpaired) electrons. The van der Waals surface area contributed by atoms with Crippen LogP contribution >= 0.6 is 0 Å². The van der Waals surface area contributed by atoms with Crippen molar-refractivity contribution in [3.8, 4) is 0 Å². The standard InChI is InChI=1S/C26H28O2/c1-4-19(20-11-6-5-7-12-20)17-18-26(2,3)25(28)23-16-9-8-15-22(23)24(27)21-13-10-14-21/h4-9,11-12,15-18,21H,10,13-14H2,1-3H3/b18-17-,19-4+. The highest BCUT2D eigenvalue weighted by atomic mass is 16.1. The second kappa shape index (κ2) is 8.52. The first kappa shape index (κ1) is 20.0. The molecule has 1 aliphatic carbocycles. The minimum atomic E-state index is -0.709. The number of carbonyl (C=O) groups excluding carboxylic acids is 2. The van der Waals surface area contributed by atoms with Gasteiger partial charge >= 0.3 is 0 Å². The Balaban J connectivity index is 1.86. The Hall–Kier alpha value is -2.74. The molecule has 28 heavy (non-hydrogen) atoms. The van der Waals surface area contributed by atoms with Gasteiger partial charge in [0.15, 0.2) is 11.6 Å². The van der Waals surface area contributed by atoms with Crippen molar-refractivity contribution in [1.29, 1.82) is 0 Å². The first-order valence-corrected chi connectivity index (χ1v) is 10.0. The van der Waals surface area contributed by atoms with Crippen LogP contribution in [-0.2, 0) is 0 Å². The van der Waals surface area contributed by atoms with Crippen molar-refractivity contribution in [2.45, 2.75) is 40.0 Å². The van der Waals surface area contributed by atoms with E-state index < -0.39 is 5.41 Å². The van der Waals surface area contributed by atoms with Gasteiger partial charge in [-0.3, -0.25) is 9.59 Å². The summed E-state index contributed by atoms with van der Waals surface area (Å²) in [6, 6.07) is 17.4. The van der Waals surface area contributed by atoms with E-state index in [4.69, 9.17) is 0 Å². The molecule has 0 amide bonds. The fraction of sp³-hybridized carbons (Fsp3) is 0.308. The second-order valence-electron chi connectivity index (χ2n) is 8.03. The maximum atomic E-state index is 13.3. The van der Waals surface area contributed by atoms with E-state index in [1.54, 1.807) is 12.1 Å². The molecule has 144 valence electrons. The van der Waals surface area contributed by atoms with Crippen molar-refractivity contribution in [1.82, 2.24) is 0 Å². The summed E-state index contributed by atoms with van der Waals surface area (Å²) in [5, 5.41) is 0. The average Bonchev–Trinajstić information content (AvgIpc) is 2.67. The van der Waals surface area contributed by atoms with Crippen molar-refractivity contribution in [3.05, 3.63) is 89.5 Å². The van der Waals surface area contributed by atoms with Crippen LogP contribution in [-0.4, -0.2) is 11.6 Å². The van der Waals surface area contributed by atoms with Gasteiger partial charge in [0.2, 0.25) is 0 Å². The highest BCUT2D eigenvalue weighted by Gasteiger charge is 2.32. The average molecular weight is 373 g/mol. The van der Waals surface area contributed by atoms with Crippen LogP contribution in [0, 0.1) is 11.3 Å². The molecule has 1 aliphatic rings. The Morgan fingerprint density at radius 2 is 1.54 bits per heavy atom. The number of Topliss-reactive ketones (excluding diaryl/α,β-unsaturated/α-hetero) is 2. The van der Waals surface area contributed by atoms with E-state index in [0.29, 0.717) is 11.1 Å². The zero-order chi connectivity index (χ0) is 20.1. The van der Waals surface area contributed by atoms with E-state index >= 15 is 0 Å². The minimum absolute atomic E-state index is 0.0180. The minimum Gasteiger partial charge on any atom is -0.294 e. The molecule has 2 heteroatoms. The van der Waals surface area contributed by atoms with Crippen LogP contribution in [0.3, 0.4) is 0 Å². The maximum absolute atomic E-state index is 13.3. The van der Waals surface area contributed by atoms with Crippen molar-refractivity contribution in [3.63, 3.8) is 0 Å². The van der Waals surface area contributed by atoms with Gasteiger partial charge in [-0.05, 0) is 44.7 Å². The quantitative estimate of drug-likeness (QED) is 0.408. The Labute approximate surface area is 168 Å². The van der Waals surface area contributed by atoms with E-state index in [1.165, 1.54) is 0 Å². The molecule has 0 aromatic heterocycles. The summed E-state index contributed by atoms with van der Waals surface area (Å²) < 4.78 is 0. The lowest BCUT2D eigenvalue weighted by Gasteiger charge is -2.26. The fourth-order valence-electron chi connectivity index (χ4n) is 3.50. The van der Waals surface area contributed by atoms with Gasteiger partial charge in [-0.15, -0.1) is 0 Å². The second-order valence-corrected chi connectivity index (χ2v) is 8.03. The molecule has 0 aliphatic heterocycles. The molecule has 2 aromatic carbocycles. The summed E-state index contributed by atoms with van der Waals surface area (Å²) in [7, 11) is 0. The molecule has 1 saturated carbocycles. The molecule has 0 N–H and O–H groups in total. The molecular weight excluding hydrogens is 344 g/mol. The molecule has 0 unspecified atom stereocenters. The van der Waals surface area contributed by atoms with Crippen molar-refractivity contribution >= 4 is 17.1 Å². The van der Waals surface area contributed by atoms with E-state index in [-0.39, 0.29) is 17.5 Å². The number of ketones is 2. The molecule has 1 fully saturated rings. The lowest BCUT2D eigenvalue weighted by Crippen LogP contribution is -2.27. The van der Waals surface area contributed by atoms with Crippen LogP contribution in [0.2, 0.25) is 0 Å². The van der Waals surface area contributed by atoms with Crippen molar-refractivity contribution in [2.24, 2.45) is 11.3 Å². The monoisotopic (exact) mass is 372 g/mol. The molecule has 0 atom stereocenters. The summed E-state index contributed by atoms with van der Waals surface area (Å²) in [5.74, 6) is 0.184. The largest absolute Gasteiger partial charge is 0.294 e. The Bertz CT molecular complexity index is 912. The lowest BCUT2D eigenvalue weighted by atomic mass is 9.76. The van der Waals surface area contributed by atoms with Gasteiger partial charge in [0.05, 0.1) is 0 Å². The Morgan fingerprint density at radius 1 is 0.929 bits per heavy atom. The topological polar surface area (TPSA) is 34.1 Å². The molecule has 2 nitrogen and oxygen atoms in total. The molecular formula is C26H28O2. The zero-order valence-corrected chi connectivity index (χ0v) is 16.9. The predicted octanol–water partition coefficient (Wildman–Crippen LogP) is 6.54. The summed E-state index contributed by atoms with van der Waals surface area (Å²) in [5.41, 5.74) is 2.59. The lowest BCUT2D eigenvalue weighted by molar-refractivity contribution is 0.0832. The van der Waals surface area contributed by atoms with E-state index in [9.17, 15) is 9.59 Å². The number of hydrogen-bond donors (Lipinski definition) is 0. The predicted molar refractivity (Wildman–Crippen MR) is 115 cm³/mol. The van der Waals surface area contributed by atoms with Gasteiger partial charge in [-0.25, -0.2) is 0 Å². The fourth-order valence-corrected chi connectivity index (χ4v) is 3.50. The SMILES string of the molecule is C/C=C(\C=C/C(C)(C)C(=O)c1ccccc1C(=O)C1CCC1)c1ccccc1. The summed E-state index contributed by atoms with van der Waals surface area (Å²) in [4.78, 5) is 26.1. The number of rotatable bonds is 7. The van der Waals surface area contributed by atoms with Gasteiger partial charge in [0.1, 0.15) is 0 Å². The van der Waals surface area contributed by atoms with Crippen molar-refractivity contribution in [2.75, 3.05) is 0 Å². The number of carbonyl (C=O) groups is 2. The number of benzene rings is 2. The maximum Gasteiger partial charge on any atom is 0.172 e. The van der Waals surface area contributed by atoms with Crippen LogP contribution in [0.1, 0.15) is 66.3 Å². The van der Waals surface area contributed by atoms with Crippen molar-refractivity contribution < 1.29 is 9.59 Å². The Morgan fingerprint density at radius 3 is 2.11 bits per heavy atom. The third-order valence-electron chi connectivity index (χ3n) is 5.60. The normalized spacial score (nSPS) is 15.5. The summed E-state index contributed by atoms with van der Waals surface area (Å²) in [6.07, 6.45) is 8.97. The first-order chi connectivity index (χ1) is 13.4. The third-order valence-corrected chi connectivity index (χ3v) is 5.60. The molecule has 0 bridgehead atoms. The van der Waals surface area contributed by atoms with Crippen LogP contribution in [0.15, 0.2) is 72.8 Å². The highest BCUT2D eigenvalue weighted by molar-refractivity contribution is 6.12. The van der Waals surface area contributed by atoms with Gasteiger partial charge < -0.3 is 0 Å². The molecule has 0 saturated heterocycles. The van der Waals surface area contributed by atoms with Crippen LogP contribution in [0.25, 0.3) is 5.57 Å². The molecule has 2 aromatic rings. The van der Waals surface area contributed by atoms with Gasteiger partial charge in [-0.2, -0.15) is 0 Å². The van der Waals surface area contributed by atoms with Gasteiger partial charge in [-0.1, -0.05) is 79.2 Å². The van der Waals surface area contributed by atoms with Crippen LogP contribution < -0.4 is 0 Å². The van der Waals surface area contributed by atoms with E-state index in [2.05, 4.69) is 12.1 Å². The van der Waals surface area contributed by atoms with E-state index in [0.717, 1.165) is 30.4 Å². The Kier molecular flexibility index (Phi) is 6.08. The molecule has 3 rings (SSSR count). The molecule has 0 spiro atoms. The first-order valence-electron chi connectivity index (χ1n) is 10.0. The number of hydrogen-bond acceptors (Lipinski definition) is 2. The highest BCUT2D eigenvalue weighted by Crippen LogP contribution is 2.33. The summed E-state index contributed by atoms with van der Waals surface area (Å²) >= 11 is 0. The van der Waals surface area contributed by atoms with Crippen LogP contribution in [0.5, 0.6) is 0 Å². The third kappa shape index (κ3) is 4.22. The number of allylic oxidation sites excluding steroid dienone is 4. The van der Waals surface area contributed by atoms with Gasteiger partial charge in [0.25, 0.3) is 0 Å². The smallest absolute Gasteiger partial charge is 0.172 e. The zero-order valence-electron chi connectivity index (χ0n) is 16.9. The molecule has 0 heterocycles. The van der Waals surface area contributed by atoms with E-state index in [1.807, 2.05) is 69.3 Å². The van der Waals surface area contributed by atoms with Gasteiger partial charge in [0, 0.05) is 22.5 Å². The summed E-state index contributed by atoms with van der Waals surface area (Å²) in [6.45, 7) is 5.82.